The van der Waals surface area contributed by atoms with Crippen molar-refractivity contribution in [1.82, 2.24) is 4.98 Å². The van der Waals surface area contributed by atoms with Gasteiger partial charge in [0, 0.05) is 10.9 Å². The Morgan fingerprint density at radius 3 is 2.50 bits per heavy atom. The van der Waals surface area contributed by atoms with Gasteiger partial charge < -0.3 is 15.8 Å². The topological polar surface area (TPSA) is 79.1 Å². The lowest BCUT2D eigenvalue weighted by Gasteiger charge is -2.11. The molecule has 0 bridgehead atoms. The second-order valence-corrected chi connectivity index (χ2v) is 3.77. The van der Waals surface area contributed by atoms with E-state index in [1.165, 1.54) is 18.2 Å². The minimum Gasteiger partial charge on any atom is -0.480 e. The maximum absolute atomic E-state index is 13.0. The van der Waals surface area contributed by atoms with Crippen LogP contribution in [0.5, 0.6) is 0 Å². The van der Waals surface area contributed by atoms with E-state index in [1.54, 1.807) is 6.07 Å². The van der Waals surface area contributed by atoms with Crippen molar-refractivity contribution in [2.45, 2.75) is 12.2 Å². The average Bonchev–Trinajstić information content (AvgIpc) is 2.66. The van der Waals surface area contributed by atoms with Crippen LogP contribution in [0.25, 0.3) is 10.9 Å². The van der Waals surface area contributed by atoms with Crippen LogP contribution < -0.4 is 5.73 Å². The number of hydrogen-bond acceptors (Lipinski definition) is 2. The molecule has 0 aliphatic rings. The Balaban J connectivity index is 2.76. The highest BCUT2D eigenvalue weighted by Crippen LogP contribution is 2.39. The number of aromatic amines is 1. The molecule has 0 saturated carbocycles. The van der Waals surface area contributed by atoms with Crippen LogP contribution in [0.1, 0.15) is 17.3 Å². The summed E-state index contributed by atoms with van der Waals surface area (Å²) < 4.78 is 38.9. The number of para-hydroxylation sites is 1. The number of alkyl halides is 3. The average molecular weight is 258 g/mol. The van der Waals surface area contributed by atoms with Crippen molar-refractivity contribution in [2.75, 3.05) is 0 Å². The summed E-state index contributed by atoms with van der Waals surface area (Å²) in [4.78, 5) is 13.2. The van der Waals surface area contributed by atoms with Crippen molar-refractivity contribution in [3.8, 4) is 0 Å². The summed E-state index contributed by atoms with van der Waals surface area (Å²) in [5.74, 6) is -1.52. The van der Waals surface area contributed by atoms with Crippen molar-refractivity contribution < 1.29 is 23.1 Å². The Morgan fingerprint density at radius 1 is 1.33 bits per heavy atom. The predicted molar refractivity (Wildman–Crippen MR) is 57.9 cm³/mol. The van der Waals surface area contributed by atoms with E-state index < -0.39 is 29.4 Å². The van der Waals surface area contributed by atoms with Gasteiger partial charge in [0.05, 0.1) is 11.3 Å². The molecule has 1 heterocycles. The highest BCUT2D eigenvalue weighted by molar-refractivity contribution is 5.88. The molecule has 0 saturated heterocycles. The van der Waals surface area contributed by atoms with Gasteiger partial charge in [0.15, 0.2) is 0 Å². The third-order valence-electron chi connectivity index (χ3n) is 2.60. The van der Waals surface area contributed by atoms with E-state index in [0.29, 0.717) is 0 Å². The number of aromatic nitrogens is 1. The number of carboxylic acid groups (broad SMARTS) is 1. The number of carboxylic acids is 1. The first-order valence-corrected chi connectivity index (χ1v) is 4.98. The van der Waals surface area contributed by atoms with Gasteiger partial charge in [-0.3, -0.25) is 4.79 Å². The Hall–Kier alpha value is -2.02. The zero-order valence-electron chi connectivity index (χ0n) is 8.95. The summed E-state index contributed by atoms with van der Waals surface area (Å²) >= 11 is 0. The Morgan fingerprint density at radius 2 is 1.94 bits per heavy atom. The SMILES string of the molecule is NC(C(=O)O)c1[nH]c2ccccc2c1C(F)(F)F. The number of benzene rings is 1. The summed E-state index contributed by atoms with van der Waals surface area (Å²) in [6, 6.07) is 3.96. The van der Waals surface area contributed by atoms with Crippen molar-refractivity contribution in [1.29, 1.82) is 0 Å². The highest BCUT2D eigenvalue weighted by Gasteiger charge is 2.39. The van der Waals surface area contributed by atoms with Crippen molar-refractivity contribution in [3.63, 3.8) is 0 Å². The summed E-state index contributed by atoms with van der Waals surface area (Å²) in [6.07, 6.45) is -4.66. The molecule has 4 N–H and O–H groups in total. The van der Waals surface area contributed by atoms with E-state index in [2.05, 4.69) is 4.98 Å². The van der Waals surface area contributed by atoms with Gasteiger partial charge in [0.1, 0.15) is 6.04 Å². The number of carbonyl (C=O) groups is 1. The second kappa shape index (κ2) is 4.02. The zero-order chi connectivity index (χ0) is 13.5. The normalized spacial score (nSPS) is 13.8. The first-order valence-electron chi connectivity index (χ1n) is 4.98. The number of hydrogen-bond donors (Lipinski definition) is 3. The van der Waals surface area contributed by atoms with Gasteiger partial charge in [0.25, 0.3) is 0 Å². The molecule has 1 aromatic carbocycles. The third-order valence-corrected chi connectivity index (χ3v) is 2.60. The lowest BCUT2D eigenvalue weighted by Crippen LogP contribution is -2.24. The fourth-order valence-electron chi connectivity index (χ4n) is 1.82. The van der Waals surface area contributed by atoms with Crippen LogP contribution >= 0.6 is 0 Å². The smallest absolute Gasteiger partial charge is 0.418 e. The van der Waals surface area contributed by atoms with Gasteiger partial charge in [0.2, 0.25) is 0 Å². The molecule has 0 radical (unpaired) electrons. The number of nitrogens with one attached hydrogen (secondary N) is 1. The Bertz CT molecular complexity index is 604. The van der Waals surface area contributed by atoms with E-state index in [0.717, 1.165) is 0 Å². The molecular weight excluding hydrogens is 249 g/mol. The molecule has 4 nitrogen and oxygen atoms in total. The Labute approximate surface area is 99.2 Å². The summed E-state index contributed by atoms with van der Waals surface area (Å²) in [6.45, 7) is 0. The minimum absolute atomic E-state index is 0.0864. The van der Waals surface area contributed by atoms with E-state index in [-0.39, 0.29) is 10.9 Å². The molecule has 1 unspecified atom stereocenters. The van der Waals surface area contributed by atoms with Crippen LogP contribution in [0, 0.1) is 0 Å². The first kappa shape index (κ1) is 12.4. The molecule has 0 aliphatic carbocycles. The molecule has 0 fully saturated rings. The lowest BCUT2D eigenvalue weighted by atomic mass is 10.1. The van der Waals surface area contributed by atoms with Crippen LogP contribution in [0.15, 0.2) is 24.3 Å². The maximum Gasteiger partial charge on any atom is 0.418 e. The summed E-state index contributed by atoms with van der Waals surface area (Å²) in [5, 5.41) is 8.65. The molecule has 2 rings (SSSR count). The third kappa shape index (κ3) is 1.92. The van der Waals surface area contributed by atoms with Gasteiger partial charge in [-0.15, -0.1) is 0 Å². The van der Waals surface area contributed by atoms with Gasteiger partial charge in [-0.2, -0.15) is 13.2 Å². The van der Waals surface area contributed by atoms with E-state index in [9.17, 15) is 18.0 Å². The van der Waals surface area contributed by atoms with Gasteiger partial charge in [-0.25, -0.2) is 0 Å². The molecule has 1 aromatic heterocycles. The number of aliphatic carboxylic acids is 1. The number of fused-ring (bicyclic) bond motifs is 1. The van der Waals surface area contributed by atoms with E-state index in [1.807, 2.05) is 0 Å². The quantitative estimate of drug-likeness (QED) is 0.773. The number of nitrogens with two attached hydrogens (primary N) is 1. The summed E-state index contributed by atoms with van der Waals surface area (Å²) in [7, 11) is 0. The van der Waals surface area contributed by atoms with Crippen molar-refractivity contribution in [2.24, 2.45) is 5.73 Å². The van der Waals surface area contributed by atoms with Gasteiger partial charge >= 0.3 is 12.1 Å². The number of H-pyrrole nitrogens is 1. The monoisotopic (exact) mass is 258 g/mol. The largest absolute Gasteiger partial charge is 0.480 e. The highest BCUT2D eigenvalue weighted by atomic mass is 19.4. The molecule has 1 atom stereocenters. The molecule has 7 heteroatoms. The molecule has 2 aromatic rings. The Kier molecular flexibility index (Phi) is 2.78. The van der Waals surface area contributed by atoms with Crippen LogP contribution in [0.2, 0.25) is 0 Å². The predicted octanol–water partition coefficient (Wildman–Crippen LogP) is 2.27. The van der Waals surface area contributed by atoms with E-state index >= 15 is 0 Å². The molecule has 96 valence electrons. The molecular formula is C11H9F3N2O2. The fourth-order valence-corrected chi connectivity index (χ4v) is 1.82. The van der Waals surface area contributed by atoms with Crippen LogP contribution in [-0.2, 0) is 11.0 Å². The van der Waals surface area contributed by atoms with Crippen LogP contribution in [-0.4, -0.2) is 16.1 Å². The lowest BCUT2D eigenvalue weighted by molar-refractivity contribution is -0.141. The maximum atomic E-state index is 13.0. The van der Waals surface area contributed by atoms with Crippen LogP contribution in [0.4, 0.5) is 13.2 Å². The summed E-state index contributed by atoms with van der Waals surface area (Å²) in [5.41, 5.74) is 3.92. The van der Waals surface area contributed by atoms with Crippen LogP contribution in [0.3, 0.4) is 0 Å². The van der Waals surface area contributed by atoms with Gasteiger partial charge in [-0.1, -0.05) is 18.2 Å². The molecule has 0 aliphatic heterocycles. The first-order chi connectivity index (χ1) is 8.32. The number of halogens is 3. The fraction of sp³-hybridized carbons (Fsp3) is 0.182. The zero-order valence-corrected chi connectivity index (χ0v) is 8.95. The molecule has 0 spiro atoms. The van der Waals surface area contributed by atoms with Crippen molar-refractivity contribution >= 4 is 16.9 Å². The van der Waals surface area contributed by atoms with E-state index in [4.69, 9.17) is 10.8 Å². The minimum atomic E-state index is -4.66. The van der Waals surface area contributed by atoms with Crippen molar-refractivity contribution in [3.05, 3.63) is 35.5 Å². The molecule has 0 amide bonds. The second-order valence-electron chi connectivity index (χ2n) is 3.77. The standard InChI is InChI=1S/C11H9F3N2O2/c12-11(13,14)7-5-3-1-2-4-6(5)16-9(7)8(15)10(17)18/h1-4,8,16H,15H2,(H,17,18). The number of rotatable bonds is 2. The molecule has 18 heavy (non-hydrogen) atoms. The van der Waals surface area contributed by atoms with Gasteiger partial charge in [-0.05, 0) is 6.07 Å².